The van der Waals surface area contributed by atoms with Gasteiger partial charge in [-0.3, -0.25) is 4.79 Å². The lowest BCUT2D eigenvalue weighted by molar-refractivity contribution is -0.119. The topological polar surface area (TPSA) is 59.8 Å². The molecule has 144 valence electrons. The number of carbonyl (C=O) groups excluding carboxylic acids is 1. The molecule has 0 fully saturated rings. The first-order valence-corrected chi connectivity index (χ1v) is 10.6. The van der Waals surface area contributed by atoms with Crippen molar-refractivity contribution < 1.29 is 4.79 Å². The molecular weight excluding hydrogens is 392 g/mol. The molecule has 7 heteroatoms. The molecule has 4 rings (SSSR count). The van der Waals surface area contributed by atoms with Crippen LogP contribution in [0.5, 0.6) is 0 Å². The van der Waals surface area contributed by atoms with Crippen LogP contribution in [0, 0.1) is 0 Å². The highest BCUT2D eigenvalue weighted by Gasteiger charge is 2.22. The van der Waals surface area contributed by atoms with E-state index in [1.54, 1.807) is 0 Å². The van der Waals surface area contributed by atoms with E-state index in [9.17, 15) is 4.79 Å². The van der Waals surface area contributed by atoms with Crippen LogP contribution in [-0.4, -0.2) is 26.4 Å². The molecule has 28 heavy (non-hydrogen) atoms. The van der Waals surface area contributed by atoms with Gasteiger partial charge in [-0.1, -0.05) is 59.8 Å². The van der Waals surface area contributed by atoms with Crippen LogP contribution in [0.15, 0.2) is 53.7 Å². The molecular formula is C21H21ClN4OS. The lowest BCUT2D eigenvalue weighted by Crippen LogP contribution is -2.32. The third-order valence-electron chi connectivity index (χ3n) is 4.99. The molecule has 0 saturated heterocycles. The fourth-order valence-corrected chi connectivity index (χ4v) is 4.53. The van der Waals surface area contributed by atoms with Crippen molar-refractivity contribution in [1.29, 1.82) is 0 Å². The van der Waals surface area contributed by atoms with E-state index >= 15 is 0 Å². The van der Waals surface area contributed by atoms with Crippen molar-refractivity contribution in [1.82, 2.24) is 20.1 Å². The van der Waals surface area contributed by atoms with Crippen molar-refractivity contribution in [3.8, 4) is 11.4 Å². The number of rotatable bonds is 5. The Morgan fingerprint density at radius 1 is 1.21 bits per heavy atom. The predicted molar refractivity (Wildman–Crippen MR) is 112 cm³/mol. The number of thioether (sulfide) groups is 1. The molecule has 1 aromatic heterocycles. The molecule has 1 aliphatic carbocycles. The van der Waals surface area contributed by atoms with E-state index in [1.165, 1.54) is 22.9 Å². The monoisotopic (exact) mass is 412 g/mol. The van der Waals surface area contributed by atoms with Crippen LogP contribution in [0.4, 0.5) is 0 Å². The van der Waals surface area contributed by atoms with E-state index in [-0.39, 0.29) is 11.9 Å². The van der Waals surface area contributed by atoms with E-state index in [1.807, 2.05) is 41.9 Å². The number of fused-ring (bicyclic) bond motifs is 1. The summed E-state index contributed by atoms with van der Waals surface area (Å²) in [4.78, 5) is 12.5. The van der Waals surface area contributed by atoms with Gasteiger partial charge in [0.15, 0.2) is 11.0 Å². The largest absolute Gasteiger partial charge is 0.349 e. The van der Waals surface area contributed by atoms with Crippen molar-refractivity contribution in [3.63, 3.8) is 0 Å². The summed E-state index contributed by atoms with van der Waals surface area (Å²) in [5, 5.41) is 13.0. The second-order valence-corrected chi connectivity index (χ2v) is 8.19. The van der Waals surface area contributed by atoms with Gasteiger partial charge in [-0.15, -0.1) is 10.2 Å². The number of amides is 1. The van der Waals surface area contributed by atoms with Crippen molar-refractivity contribution in [2.24, 2.45) is 7.05 Å². The number of carbonyl (C=O) groups is 1. The van der Waals surface area contributed by atoms with Crippen molar-refractivity contribution in [3.05, 3.63) is 64.7 Å². The molecule has 2 aromatic carbocycles. The maximum atomic E-state index is 12.5. The molecule has 0 radical (unpaired) electrons. The number of benzene rings is 2. The van der Waals surface area contributed by atoms with E-state index in [2.05, 4.69) is 33.7 Å². The number of hydrogen-bond donors (Lipinski definition) is 1. The van der Waals surface area contributed by atoms with Gasteiger partial charge < -0.3 is 9.88 Å². The SMILES string of the molecule is Cn1c(SCC(=O)N[C@H]2CCCc3ccccc32)nnc1-c1ccccc1Cl. The summed E-state index contributed by atoms with van der Waals surface area (Å²) in [6.45, 7) is 0. The molecule has 0 saturated carbocycles. The number of aryl methyl sites for hydroxylation is 1. The number of halogens is 1. The van der Waals surface area contributed by atoms with Gasteiger partial charge in [0.05, 0.1) is 16.8 Å². The average molecular weight is 413 g/mol. The molecule has 5 nitrogen and oxygen atoms in total. The van der Waals surface area contributed by atoms with Gasteiger partial charge in [0.1, 0.15) is 0 Å². The summed E-state index contributed by atoms with van der Waals surface area (Å²) < 4.78 is 1.87. The summed E-state index contributed by atoms with van der Waals surface area (Å²) in [5.74, 6) is 0.997. The molecule has 1 N–H and O–H groups in total. The summed E-state index contributed by atoms with van der Waals surface area (Å²) in [5.41, 5.74) is 3.41. The smallest absolute Gasteiger partial charge is 0.230 e. The number of nitrogens with zero attached hydrogens (tertiary/aromatic N) is 3. The number of aromatic nitrogens is 3. The van der Waals surface area contributed by atoms with Crippen LogP contribution in [0.3, 0.4) is 0 Å². The Labute approximate surface area is 173 Å². The third-order valence-corrected chi connectivity index (χ3v) is 6.34. The normalized spacial score (nSPS) is 15.9. The second kappa shape index (κ2) is 8.37. The van der Waals surface area contributed by atoms with E-state index in [0.717, 1.165) is 24.8 Å². The van der Waals surface area contributed by atoms with E-state index in [0.29, 0.717) is 21.8 Å². The van der Waals surface area contributed by atoms with Crippen LogP contribution < -0.4 is 5.32 Å². The van der Waals surface area contributed by atoms with Gasteiger partial charge in [-0.25, -0.2) is 0 Å². The van der Waals surface area contributed by atoms with Crippen molar-refractivity contribution >= 4 is 29.3 Å². The minimum Gasteiger partial charge on any atom is -0.349 e. The fourth-order valence-electron chi connectivity index (χ4n) is 3.59. The molecule has 1 heterocycles. The molecule has 0 aliphatic heterocycles. The first kappa shape index (κ1) is 19.0. The maximum absolute atomic E-state index is 12.5. The Balaban J connectivity index is 1.41. The highest BCUT2D eigenvalue weighted by molar-refractivity contribution is 7.99. The molecule has 3 aromatic rings. The predicted octanol–water partition coefficient (Wildman–Crippen LogP) is 4.42. The van der Waals surface area contributed by atoms with Crippen LogP contribution in [0.1, 0.15) is 30.0 Å². The fraction of sp³-hybridized carbons (Fsp3) is 0.286. The standard InChI is InChI=1S/C21H21ClN4OS/c1-26-20(16-10-4-5-11-17(16)22)24-25-21(26)28-13-19(27)23-18-12-6-8-14-7-2-3-9-15(14)18/h2-5,7,9-11,18H,6,8,12-13H2,1H3,(H,23,27)/t18-/m0/s1. The lowest BCUT2D eigenvalue weighted by Gasteiger charge is -2.26. The molecule has 0 bridgehead atoms. The minimum absolute atomic E-state index is 0.00833. The molecule has 0 unspecified atom stereocenters. The highest BCUT2D eigenvalue weighted by Crippen LogP contribution is 2.30. The van der Waals surface area contributed by atoms with Crippen molar-refractivity contribution in [2.75, 3.05) is 5.75 Å². The summed E-state index contributed by atoms with van der Waals surface area (Å²) >= 11 is 7.65. The first-order chi connectivity index (χ1) is 13.6. The van der Waals surface area contributed by atoms with Crippen LogP contribution >= 0.6 is 23.4 Å². The van der Waals surface area contributed by atoms with Gasteiger partial charge in [0.2, 0.25) is 5.91 Å². The Hall–Kier alpha value is -2.31. The molecule has 1 amide bonds. The Bertz CT molecular complexity index is 1000. The maximum Gasteiger partial charge on any atom is 0.230 e. The second-order valence-electron chi connectivity index (χ2n) is 6.84. The summed E-state index contributed by atoms with van der Waals surface area (Å²) in [6, 6.07) is 16.0. The lowest BCUT2D eigenvalue weighted by atomic mass is 9.88. The van der Waals surface area contributed by atoms with Crippen molar-refractivity contribution in [2.45, 2.75) is 30.5 Å². The van der Waals surface area contributed by atoms with E-state index in [4.69, 9.17) is 11.6 Å². The van der Waals surface area contributed by atoms with Gasteiger partial charge >= 0.3 is 0 Å². The minimum atomic E-state index is 0.00833. The zero-order valence-corrected chi connectivity index (χ0v) is 17.1. The molecule has 0 spiro atoms. The van der Waals surface area contributed by atoms with Gasteiger partial charge in [0, 0.05) is 12.6 Å². The number of hydrogen-bond acceptors (Lipinski definition) is 4. The Kier molecular flexibility index (Phi) is 5.69. The van der Waals surface area contributed by atoms with Gasteiger partial charge in [-0.2, -0.15) is 0 Å². The third kappa shape index (κ3) is 3.93. The van der Waals surface area contributed by atoms with E-state index < -0.39 is 0 Å². The van der Waals surface area contributed by atoms with Crippen LogP contribution in [0.2, 0.25) is 5.02 Å². The molecule has 1 aliphatic rings. The first-order valence-electron chi connectivity index (χ1n) is 9.27. The summed E-state index contributed by atoms with van der Waals surface area (Å²) in [6.07, 6.45) is 3.16. The zero-order chi connectivity index (χ0) is 19.5. The number of nitrogens with one attached hydrogen (secondary N) is 1. The Morgan fingerprint density at radius 3 is 2.86 bits per heavy atom. The Morgan fingerprint density at radius 2 is 2.00 bits per heavy atom. The quantitative estimate of drug-likeness (QED) is 0.630. The van der Waals surface area contributed by atoms with Gasteiger partial charge in [-0.05, 0) is 42.5 Å². The average Bonchev–Trinajstić information content (AvgIpc) is 3.07. The molecule has 1 atom stereocenters. The van der Waals surface area contributed by atoms with Gasteiger partial charge in [0.25, 0.3) is 0 Å². The zero-order valence-electron chi connectivity index (χ0n) is 15.6. The highest BCUT2D eigenvalue weighted by atomic mass is 35.5. The van der Waals surface area contributed by atoms with Crippen LogP contribution in [0.25, 0.3) is 11.4 Å². The van der Waals surface area contributed by atoms with Crippen LogP contribution in [-0.2, 0) is 18.3 Å². The summed E-state index contributed by atoms with van der Waals surface area (Å²) in [7, 11) is 1.89.